The van der Waals surface area contributed by atoms with Gasteiger partial charge in [-0.05, 0) is 11.6 Å². The Morgan fingerprint density at radius 1 is 1.00 bits per heavy atom. The van der Waals surface area contributed by atoms with Gasteiger partial charge < -0.3 is 4.84 Å². The molecule has 0 aliphatic heterocycles. The zero-order chi connectivity index (χ0) is 12.1. The molecule has 0 aliphatic rings. The first-order valence-electron chi connectivity index (χ1n) is 5.13. The van der Waals surface area contributed by atoms with Crippen molar-refractivity contribution in [3.63, 3.8) is 0 Å². The molecule has 0 saturated carbocycles. The number of carbonyl (C=O) groups is 1. The highest BCUT2D eigenvalue weighted by Gasteiger charge is 2.07. The van der Waals surface area contributed by atoms with E-state index in [4.69, 9.17) is 5.90 Å². The Bertz CT molecular complexity index is 512. The number of benzene rings is 2. The highest BCUT2D eigenvalue weighted by atomic mass is 16.7. The molecule has 0 unspecified atom stereocenters. The second-order valence-electron chi connectivity index (χ2n) is 3.44. The Morgan fingerprint density at radius 3 is 2.35 bits per heavy atom. The summed E-state index contributed by atoms with van der Waals surface area (Å²) in [5.74, 6) is 4.80. The van der Waals surface area contributed by atoms with Crippen LogP contribution in [0.1, 0.15) is 0 Å². The smallest absolute Gasteiger partial charge is 0.357 e. The van der Waals surface area contributed by atoms with Crippen molar-refractivity contribution in [2.45, 2.75) is 0 Å². The first kappa shape index (κ1) is 11.2. The summed E-state index contributed by atoms with van der Waals surface area (Å²) in [6, 6.07) is 17.2. The fraction of sp³-hybridized carbons (Fsp3) is 0. The van der Waals surface area contributed by atoms with Crippen LogP contribution < -0.4 is 11.2 Å². The summed E-state index contributed by atoms with van der Waals surface area (Å²) in [6.45, 7) is 0. The van der Waals surface area contributed by atoms with Gasteiger partial charge in [0.25, 0.3) is 0 Å². The van der Waals surface area contributed by atoms with E-state index < -0.39 is 6.09 Å². The molecule has 3 N–H and O–H groups in total. The molecule has 0 aromatic heterocycles. The summed E-state index contributed by atoms with van der Waals surface area (Å²) in [7, 11) is 0. The Morgan fingerprint density at radius 2 is 1.65 bits per heavy atom. The number of amides is 1. The standard InChI is InChI=1S/C13H12N2O2/c14-17-13(16)15-12-9-5-4-8-11(12)10-6-2-1-3-7-10/h1-9H,14H2,(H,15,16). The van der Waals surface area contributed by atoms with E-state index in [1.165, 1.54) is 0 Å². The van der Waals surface area contributed by atoms with Gasteiger partial charge in [0.1, 0.15) is 0 Å². The van der Waals surface area contributed by atoms with Gasteiger partial charge in [-0.1, -0.05) is 48.5 Å². The molecule has 0 spiro atoms. The van der Waals surface area contributed by atoms with Crippen LogP contribution in [-0.4, -0.2) is 6.09 Å². The van der Waals surface area contributed by atoms with Gasteiger partial charge in [-0.3, -0.25) is 5.32 Å². The average molecular weight is 228 g/mol. The van der Waals surface area contributed by atoms with Crippen LogP contribution in [0.5, 0.6) is 0 Å². The molecular weight excluding hydrogens is 216 g/mol. The third-order valence-corrected chi connectivity index (χ3v) is 2.36. The van der Waals surface area contributed by atoms with E-state index in [-0.39, 0.29) is 0 Å². The number of nitrogens with one attached hydrogen (secondary N) is 1. The van der Waals surface area contributed by atoms with Gasteiger partial charge in [0.05, 0.1) is 5.69 Å². The third-order valence-electron chi connectivity index (χ3n) is 2.36. The van der Waals surface area contributed by atoms with E-state index in [9.17, 15) is 4.79 Å². The third kappa shape index (κ3) is 2.62. The Hall–Kier alpha value is -2.33. The van der Waals surface area contributed by atoms with Crippen molar-refractivity contribution in [3.8, 4) is 11.1 Å². The second kappa shape index (κ2) is 5.14. The number of rotatable bonds is 2. The molecule has 86 valence electrons. The van der Waals surface area contributed by atoms with Crippen LogP contribution in [0, 0.1) is 0 Å². The van der Waals surface area contributed by atoms with Crippen molar-refractivity contribution in [1.82, 2.24) is 0 Å². The number of nitrogens with two attached hydrogens (primary N) is 1. The summed E-state index contributed by atoms with van der Waals surface area (Å²) in [6.07, 6.45) is -0.687. The Balaban J connectivity index is 2.38. The molecule has 2 aromatic carbocycles. The van der Waals surface area contributed by atoms with E-state index in [1.54, 1.807) is 6.07 Å². The van der Waals surface area contributed by atoms with Crippen LogP contribution in [-0.2, 0) is 4.84 Å². The fourth-order valence-corrected chi connectivity index (χ4v) is 1.60. The SMILES string of the molecule is NOC(=O)Nc1ccccc1-c1ccccc1. The van der Waals surface area contributed by atoms with Crippen LogP contribution in [0.4, 0.5) is 10.5 Å². The van der Waals surface area contributed by atoms with Crippen LogP contribution in [0.25, 0.3) is 11.1 Å². The molecule has 2 rings (SSSR count). The van der Waals surface area contributed by atoms with Crippen LogP contribution in [0.3, 0.4) is 0 Å². The fourth-order valence-electron chi connectivity index (χ4n) is 1.60. The van der Waals surface area contributed by atoms with E-state index in [0.717, 1.165) is 11.1 Å². The number of carbonyl (C=O) groups excluding carboxylic acids is 1. The molecule has 4 nitrogen and oxygen atoms in total. The molecule has 0 fully saturated rings. The summed E-state index contributed by atoms with van der Waals surface area (Å²) in [5.41, 5.74) is 2.59. The maximum absolute atomic E-state index is 11.1. The van der Waals surface area contributed by atoms with Crippen LogP contribution in [0.2, 0.25) is 0 Å². The lowest BCUT2D eigenvalue weighted by molar-refractivity contribution is 0.163. The van der Waals surface area contributed by atoms with Crippen LogP contribution >= 0.6 is 0 Å². The van der Waals surface area contributed by atoms with Gasteiger partial charge in [-0.15, -0.1) is 0 Å². The summed E-state index contributed by atoms with van der Waals surface area (Å²) in [4.78, 5) is 15.2. The predicted octanol–water partition coefficient (Wildman–Crippen LogP) is 2.78. The van der Waals surface area contributed by atoms with Crippen molar-refractivity contribution < 1.29 is 9.63 Å². The number of anilines is 1. The summed E-state index contributed by atoms with van der Waals surface area (Å²) in [5, 5.41) is 2.57. The molecule has 1 amide bonds. The number of hydrogen-bond acceptors (Lipinski definition) is 3. The lowest BCUT2D eigenvalue weighted by Crippen LogP contribution is -2.17. The highest BCUT2D eigenvalue weighted by Crippen LogP contribution is 2.27. The molecule has 0 atom stereocenters. The molecule has 0 radical (unpaired) electrons. The largest absolute Gasteiger partial charge is 0.430 e. The van der Waals surface area contributed by atoms with Crippen molar-refractivity contribution in [2.75, 3.05) is 5.32 Å². The maximum Gasteiger partial charge on any atom is 0.430 e. The first-order chi connectivity index (χ1) is 8.31. The van der Waals surface area contributed by atoms with E-state index in [1.807, 2.05) is 48.5 Å². The van der Waals surface area contributed by atoms with Crippen molar-refractivity contribution in [2.24, 2.45) is 5.90 Å². The molecule has 2 aromatic rings. The maximum atomic E-state index is 11.1. The van der Waals surface area contributed by atoms with Gasteiger partial charge in [0, 0.05) is 5.56 Å². The van der Waals surface area contributed by atoms with Crippen molar-refractivity contribution >= 4 is 11.8 Å². The number of para-hydroxylation sites is 1. The number of hydrogen-bond donors (Lipinski definition) is 2. The van der Waals surface area contributed by atoms with Gasteiger partial charge in [-0.2, -0.15) is 5.90 Å². The molecular formula is C13H12N2O2. The zero-order valence-corrected chi connectivity index (χ0v) is 9.09. The lowest BCUT2D eigenvalue weighted by Gasteiger charge is -2.09. The molecule has 0 aliphatic carbocycles. The minimum atomic E-state index is -0.687. The van der Waals surface area contributed by atoms with E-state index in [2.05, 4.69) is 10.2 Å². The predicted molar refractivity (Wildman–Crippen MR) is 66.2 cm³/mol. The lowest BCUT2D eigenvalue weighted by atomic mass is 10.0. The quantitative estimate of drug-likeness (QED) is 0.777. The molecule has 4 heteroatoms. The Kier molecular flexibility index (Phi) is 3.37. The van der Waals surface area contributed by atoms with E-state index >= 15 is 0 Å². The zero-order valence-electron chi connectivity index (χ0n) is 9.09. The second-order valence-corrected chi connectivity index (χ2v) is 3.44. The van der Waals surface area contributed by atoms with Crippen molar-refractivity contribution in [1.29, 1.82) is 0 Å². The molecule has 0 saturated heterocycles. The normalized spacial score (nSPS) is 9.71. The monoisotopic (exact) mass is 228 g/mol. The topological polar surface area (TPSA) is 64.3 Å². The molecule has 0 heterocycles. The molecule has 17 heavy (non-hydrogen) atoms. The van der Waals surface area contributed by atoms with Gasteiger partial charge in [0.15, 0.2) is 0 Å². The van der Waals surface area contributed by atoms with E-state index in [0.29, 0.717) is 5.69 Å². The van der Waals surface area contributed by atoms with Gasteiger partial charge in [0.2, 0.25) is 0 Å². The van der Waals surface area contributed by atoms with Crippen LogP contribution in [0.15, 0.2) is 54.6 Å². The summed E-state index contributed by atoms with van der Waals surface area (Å²) >= 11 is 0. The highest BCUT2D eigenvalue weighted by molar-refractivity contribution is 5.91. The van der Waals surface area contributed by atoms with Crippen molar-refractivity contribution in [3.05, 3.63) is 54.6 Å². The molecule has 0 bridgehead atoms. The first-order valence-corrected chi connectivity index (χ1v) is 5.13. The Labute approximate surface area is 99.0 Å². The minimum absolute atomic E-state index is 0.661. The van der Waals surface area contributed by atoms with Gasteiger partial charge >= 0.3 is 6.09 Å². The minimum Gasteiger partial charge on any atom is -0.357 e. The average Bonchev–Trinajstić information content (AvgIpc) is 2.40. The summed E-state index contributed by atoms with van der Waals surface area (Å²) < 4.78 is 0. The van der Waals surface area contributed by atoms with Gasteiger partial charge in [-0.25, -0.2) is 4.79 Å².